The zero-order chi connectivity index (χ0) is 30.5. The number of aliphatic hydroxyl groups is 1. The number of anilines is 1. The topological polar surface area (TPSA) is 136 Å². The molecule has 1 saturated heterocycles. The van der Waals surface area contributed by atoms with Gasteiger partial charge in [-0.25, -0.2) is 4.39 Å². The summed E-state index contributed by atoms with van der Waals surface area (Å²) < 4.78 is 19.4. The zero-order valence-corrected chi connectivity index (χ0v) is 24.4. The first-order valence-electron chi connectivity index (χ1n) is 13.3. The monoisotopic (exact) mass is 620 g/mol. The molecule has 3 aromatic carbocycles. The SMILES string of the molecule is CCCCOc1ccc(/C(O)=C2/C(=O)C(=O)N(c3nnc(SCc4ccc(F)cc4)s3)C2c2ccc([N+](=O)[O-])cc2)cc1. The van der Waals surface area contributed by atoms with Crippen molar-refractivity contribution in [1.82, 2.24) is 10.2 Å². The van der Waals surface area contributed by atoms with Crippen molar-refractivity contribution in [2.75, 3.05) is 11.5 Å². The van der Waals surface area contributed by atoms with E-state index in [-0.39, 0.29) is 22.2 Å². The number of amides is 1. The average molecular weight is 621 g/mol. The lowest BCUT2D eigenvalue weighted by Crippen LogP contribution is -2.29. The van der Waals surface area contributed by atoms with Crippen LogP contribution in [-0.2, 0) is 15.3 Å². The summed E-state index contributed by atoms with van der Waals surface area (Å²) >= 11 is 2.40. The molecule has 220 valence electrons. The summed E-state index contributed by atoms with van der Waals surface area (Å²) in [5.74, 6) is -1.53. The lowest BCUT2D eigenvalue weighted by Gasteiger charge is -2.22. The molecule has 1 aliphatic heterocycles. The highest BCUT2D eigenvalue weighted by Gasteiger charge is 2.48. The molecule has 1 fully saturated rings. The Bertz CT molecular complexity index is 1670. The Morgan fingerprint density at radius 1 is 1.07 bits per heavy atom. The minimum Gasteiger partial charge on any atom is -0.507 e. The van der Waals surface area contributed by atoms with Crippen LogP contribution >= 0.6 is 23.1 Å². The molecular weight excluding hydrogens is 595 g/mol. The van der Waals surface area contributed by atoms with Crippen LogP contribution < -0.4 is 9.64 Å². The molecule has 1 N–H and O–H groups in total. The van der Waals surface area contributed by atoms with E-state index in [2.05, 4.69) is 17.1 Å². The molecule has 4 aromatic rings. The number of hydrogen-bond acceptors (Lipinski definition) is 10. The third kappa shape index (κ3) is 6.57. The van der Waals surface area contributed by atoms with Crippen molar-refractivity contribution in [3.8, 4) is 5.75 Å². The average Bonchev–Trinajstić information content (AvgIpc) is 3.58. The van der Waals surface area contributed by atoms with Gasteiger partial charge in [0.15, 0.2) is 4.34 Å². The van der Waals surface area contributed by atoms with Crippen LogP contribution in [0.4, 0.5) is 15.2 Å². The summed E-state index contributed by atoms with van der Waals surface area (Å²) in [6.45, 7) is 2.59. The number of aliphatic hydroxyl groups excluding tert-OH is 1. The van der Waals surface area contributed by atoms with Crippen molar-refractivity contribution in [2.45, 2.75) is 35.9 Å². The lowest BCUT2D eigenvalue weighted by atomic mass is 9.95. The largest absolute Gasteiger partial charge is 0.507 e. The van der Waals surface area contributed by atoms with Gasteiger partial charge in [0.25, 0.3) is 11.5 Å². The zero-order valence-electron chi connectivity index (χ0n) is 22.8. The molecule has 0 saturated carbocycles. The molecule has 1 aliphatic rings. The van der Waals surface area contributed by atoms with E-state index < -0.39 is 28.4 Å². The van der Waals surface area contributed by atoms with Gasteiger partial charge in [-0.2, -0.15) is 0 Å². The quantitative estimate of drug-likeness (QED) is 0.0284. The number of carbonyl (C=O) groups excluding carboxylic acids is 2. The highest BCUT2D eigenvalue weighted by molar-refractivity contribution is 8.00. The van der Waals surface area contributed by atoms with Crippen LogP contribution in [-0.4, -0.2) is 38.5 Å². The number of ether oxygens (including phenoxy) is 1. The van der Waals surface area contributed by atoms with Crippen molar-refractivity contribution in [3.05, 3.63) is 111 Å². The molecule has 1 amide bonds. The third-order valence-electron chi connectivity index (χ3n) is 6.64. The van der Waals surface area contributed by atoms with Gasteiger partial charge in [0, 0.05) is 23.4 Å². The first kappa shape index (κ1) is 29.9. The smallest absolute Gasteiger partial charge is 0.301 e. The maximum atomic E-state index is 13.4. The Balaban J connectivity index is 1.50. The van der Waals surface area contributed by atoms with Crippen molar-refractivity contribution in [1.29, 1.82) is 0 Å². The second-order valence-electron chi connectivity index (χ2n) is 9.51. The summed E-state index contributed by atoms with van der Waals surface area (Å²) in [5, 5.41) is 31.0. The van der Waals surface area contributed by atoms with E-state index in [0.29, 0.717) is 33.6 Å². The normalized spacial score (nSPS) is 16.0. The molecule has 13 heteroatoms. The maximum Gasteiger partial charge on any atom is 0.301 e. The molecule has 1 aromatic heterocycles. The minimum absolute atomic E-state index is 0.116. The van der Waals surface area contributed by atoms with Crippen molar-refractivity contribution < 1.29 is 28.7 Å². The molecule has 1 unspecified atom stereocenters. The van der Waals surface area contributed by atoms with Gasteiger partial charge in [0.05, 0.1) is 23.1 Å². The van der Waals surface area contributed by atoms with Gasteiger partial charge < -0.3 is 9.84 Å². The predicted octanol–water partition coefficient (Wildman–Crippen LogP) is 6.68. The number of rotatable bonds is 11. The fraction of sp³-hybridized carbons (Fsp3) is 0.200. The van der Waals surface area contributed by atoms with E-state index in [1.54, 1.807) is 36.4 Å². The highest BCUT2D eigenvalue weighted by atomic mass is 32.2. The molecule has 0 radical (unpaired) electrons. The van der Waals surface area contributed by atoms with Crippen LogP contribution in [0.25, 0.3) is 5.76 Å². The number of thioether (sulfide) groups is 1. The molecule has 5 rings (SSSR count). The second-order valence-corrected chi connectivity index (χ2v) is 11.7. The van der Waals surface area contributed by atoms with Crippen LogP contribution in [0.2, 0.25) is 0 Å². The third-order valence-corrected chi connectivity index (χ3v) is 8.76. The summed E-state index contributed by atoms with van der Waals surface area (Å²) in [6.07, 6.45) is 1.86. The summed E-state index contributed by atoms with van der Waals surface area (Å²) in [5.41, 5.74) is 1.15. The van der Waals surface area contributed by atoms with Gasteiger partial charge in [-0.15, -0.1) is 10.2 Å². The Hall–Kier alpha value is -4.62. The van der Waals surface area contributed by atoms with Gasteiger partial charge in [-0.3, -0.25) is 24.6 Å². The molecule has 1 atom stereocenters. The van der Waals surface area contributed by atoms with E-state index >= 15 is 0 Å². The Morgan fingerprint density at radius 3 is 2.42 bits per heavy atom. The molecule has 2 heterocycles. The van der Waals surface area contributed by atoms with Crippen LogP contribution in [0, 0.1) is 15.9 Å². The van der Waals surface area contributed by atoms with Crippen LogP contribution in [0.5, 0.6) is 5.75 Å². The van der Waals surface area contributed by atoms with Crippen LogP contribution in [0.1, 0.15) is 42.5 Å². The summed E-state index contributed by atoms with van der Waals surface area (Å²) in [4.78, 5) is 38.7. The van der Waals surface area contributed by atoms with E-state index in [1.807, 2.05) is 0 Å². The predicted molar refractivity (Wildman–Crippen MR) is 161 cm³/mol. The number of hydrogen-bond donors (Lipinski definition) is 1. The van der Waals surface area contributed by atoms with Crippen molar-refractivity contribution in [3.63, 3.8) is 0 Å². The van der Waals surface area contributed by atoms with E-state index in [4.69, 9.17) is 4.74 Å². The highest BCUT2D eigenvalue weighted by Crippen LogP contribution is 2.44. The molecule has 0 bridgehead atoms. The number of ketones is 1. The number of non-ortho nitro benzene ring substituents is 1. The number of aromatic nitrogens is 2. The standard InChI is InChI=1S/C30H25FN4O6S2/c1-2-3-16-41-23-14-8-20(9-15-23)26(36)24-25(19-6-12-22(13-7-19)35(39)40)34(28(38)27(24)37)29-32-33-30(43-29)42-17-18-4-10-21(31)11-5-18/h4-15,25,36H,2-3,16-17H2,1H3/b26-24-. The van der Waals surface area contributed by atoms with Gasteiger partial charge in [0.2, 0.25) is 5.13 Å². The summed E-state index contributed by atoms with van der Waals surface area (Å²) in [7, 11) is 0. The van der Waals surface area contributed by atoms with Gasteiger partial charge >= 0.3 is 5.91 Å². The first-order valence-corrected chi connectivity index (χ1v) is 15.1. The fourth-order valence-corrected chi connectivity index (χ4v) is 6.23. The molecular formula is C30H25FN4O6S2. The molecule has 43 heavy (non-hydrogen) atoms. The van der Waals surface area contributed by atoms with Gasteiger partial charge in [0.1, 0.15) is 17.3 Å². The Labute approximate surface area is 254 Å². The van der Waals surface area contributed by atoms with Crippen molar-refractivity contribution >= 4 is 51.4 Å². The number of nitro groups is 1. The van der Waals surface area contributed by atoms with E-state index in [9.17, 15) is 29.2 Å². The Morgan fingerprint density at radius 2 is 1.77 bits per heavy atom. The van der Waals surface area contributed by atoms with E-state index in [0.717, 1.165) is 34.6 Å². The number of halogens is 1. The number of benzene rings is 3. The lowest BCUT2D eigenvalue weighted by molar-refractivity contribution is -0.384. The van der Waals surface area contributed by atoms with E-state index in [1.165, 1.54) is 48.2 Å². The number of Topliss-reactive ketones (excluding diaryl/α,β-unsaturated/α-hetero) is 1. The molecule has 10 nitrogen and oxygen atoms in total. The first-order chi connectivity index (χ1) is 20.8. The number of unbranched alkanes of at least 4 members (excludes halogenated alkanes) is 1. The van der Waals surface area contributed by atoms with Crippen molar-refractivity contribution in [2.24, 2.45) is 0 Å². The Kier molecular flexibility index (Phi) is 9.12. The molecule has 0 aliphatic carbocycles. The maximum absolute atomic E-state index is 13.4. The summed E-state index contributed by atoms with van der Waals surface area (Å²) in [6, 6.07) is 16.8. The second kappa shape index (κ2) is 13.1. The van der Waals surface area contributed by atoms with Crippen LogP contribution in [0.3, 0.4) is 0 Å². The number of nitro benzene ring substituents is 1. The fourth-order valence-electron chi connectivity index (χ4n) is 4.41. The van der Waals surface area contributed by atoms with Gasteiger partial charge in [-0.05, 0) is 66.1 Å². The van der Waals surface area contributed by atoms with Gasteiger partial charge in [-0.1, -0.05) is 48.6 Å². The van der Waals surface area contributed by atoms with Crippen LogP contribution in [0.15, 0.2) is 82.7 Å². The number of carbonyl (C=O) groups is 2. The number of nitrogens with zero attached hydrogens (tertiary/aromatic N) is 4. The minimum atomic E-state index is -1.12. The molecule has 0 spiro atoms.